The van der Waals surface area contributed by atoms with E-state index < -0.39 is 0 Å². The van der Waals surface area contributed by atoms with Crippen LogP contribution in [-0.2, 0) is 11.3 Å². The highest BCUT2D eigenvalue weighted by molar-refractivity contribution is 9.10. The van der Waals surface area contributed by atoms with Crippen molar-refractivity contribution in [3.8, 4) is 11.4 Å². The lowest BCUT2D eigenvalue weighted by atomic mass is 9.78. The molecule has 3 atom stereocenters. The second kappa shape index (κ2) is 7.42. The number of carbonyl (C=O) groups excluding carboxylic acids is 1. The van der Waals surface area contributed by atoms with E-state index in [0.29, 0.717) is 17.7 Å². The molecule has 0 spiro atoms. The lowest BCUT2D eigenvalue weighted by Gasteiger charge is -2.34. The van der Waals surface area contributed by atoms with Gasteiger partial charge in [-0.15, -0.1) is 10.2 Å². The number of aromatic nitrogens is 4. The maximum Gasteiger partial charge on any atom is 0.243 e. The Kier molecular flexibility index (Phi) is 5.28. The summed E-state index contributed by atoms with van der Waals surface area (Å²) in [6, 6.07) is 7.93. The van der Waals surface area contributed by atoms with Gasteiger partial charge in [-0.3, -0.25) is 4.79 Å². The predicted molar refractivity (Wildman–Crippen MR) is 95.1 cm³/mol. The van der Waals surface area contributed by atoms with Crippen molar-refractivity contribution in [3.63, 3.8) is 0 Å². The number of rotatable bonds is 4. The smallest absolute Gasteiger partial charge is 0.243 e. The van der Waals surface area contributed by atoms with Crippen LogP contribution in [0.2, 0.25) is 0 Å². The minimum atomic E-state index is -0.0583. The summed E-state index contributed by atoms with van der Waals surface area (Å²) in [6.07, 6.45) is 3.46. The van der Waals surface area contributed by atoms with E-state index in [9.17, 15) is 4.79 Å². The third-order valence-corrected chi connectivity index (χ3v) is 5.60. The van der Waals surface area contributed by atoms with Crippen molar-refractivity contribution in [1.82, 2.24) is 25.5 Å². The normalized spacial score (nSPS) is 23.9. The zero-order valence-corrected chi connectivity index (χ0v) is 15.5. The molecule has 2 aromatic rings. The molecule has 24 heavy (non-hydrogen) atoms. The highest BCUT2D eigenvalue weighted by Gasteiger charge is 2.28. The van der Waals surface area contributed by atoms with E-state index in [0.717, 1.165) is 16.5 Å². The minimum Gasteiger partial charge on any atom is -0.351 e. The summed E-state index contributed by atoms with van der Waals surface area (Å²) in [5, 5.41) is 15.5. The van der Waals surface area contributed by atoms with Gasteiger partial charge in [-0.25, -0.2) is 0 Å². The van der Waals surface area contributed by atoms with Crippen molar-refractivity contribution >= 4 is 21.8 Å². The van der Waals surface area contributed by atoms with E-state index in [2.05, 4.69) is 50.5 Å². The number of halogens is 1. The standard InChI is InChI=1S/C17H22BrN5O/c1-11-6-5-9-15(12(11)2)19-16(24)10-23-21-17(20-22-23)13-7-3-4-8-14(13)18/h3-4,7-8,11-12,15H,5-6,9-10H2,1-2H3,(H,19,24)/t11-,12+,15-/m0/s1. The Labute approximate surface area is 150 Å². The van der Waals surface area contributed by atoms with E-state index >= 15 is 0 Å². The first-order chi connectivity index (χ1) is 11.5. The molecule has 128 valence electrons. The van der Waals surface area contributed by atoms with Gasteiger partial charge >= 0.3 is 0 Å². The lowest BCUT2D eigenvalue weighted by Crippen LogP contribution is -2.45. The van der Waals surface area contributed by atoms with Crippen molar-refractivity contribution in [2.45, 2.75) is 45.7 Å². The first-order valence-corrected chi connectivity index (χ1v) is 9.16. The molecule has 1 amide bonds. The molecule has 0 unspecified atom stereocenters. The topological polar surface area (TPSA) is 72.7 Å². The van der Waals surface area contributed by atoms with E-state index in [4.69, 9.17) is 0 Å². The molecule has 0 saturated heterocycles. The fraction of sp³-hybridized carbons (Fsp3) is 0.529. The first-order valence-electron chi connectivity index (χ1n) is 8.36. The minimum absolute atomic E-state index is 0.0583. The van der Waals surface area contributed by atoms with Crippen molar-refractivity contribution < 1.29 is 4.79 Å². The van der Waals surface area contributed by atoms with Gasteiger partial charge in [0.25, 0.3) is 0 Å². The van der Waals surface area contributed by atoms with Gasteiger partial charge in [0.2, 0.25) is 11.7 Å². The van der Waals surface area contributed by atoms with Crippen molar-refractivity contribution in [3.05, 3.63) is 28.7 Å². The summed E-state index contributed by atoms with van der Waals surface area (Å²) >= 11 is 3.47. The molecule has 1 aromatic carbocycles. The molecule has 0 aliphatic heterocycles. The molecule has 1 aliphatic rings. The Balaban J connectivity index is 1.62. The lowest BCUT2D eigenvalue weighted by molar-refractivity contribution is -0.123. The highest BCUT2D eigenvalue weighted by atomic mass is 79.9. The molecule has 7 heteroatoms. The molecular formula is C17H22BrN5O. The molecule has 0 radical (unpaired) electrons. The number of tetrazole rings is 1. The molecule has 1 aliphatic carbocycles. The van der Waals surface area contributed by atoms with Crippen LogP contribution >= 0.6 is 15.9 Å². The first kappa shape index (κ1) is 17.1. The number of nitrogens with zero attached hydrogens (tertiary/aromatic N) is 4. The second-order valence-corrected chi connectivity index (χ2v) is 7.42. The summed E-state index contributed by atoms with van der Waals surface area (Å²) in [4.78, 5) is 13.6. The van der Waals surface area contributed by atoms with Gasteiger partial charge in [0.1, 0.15) is 6.54 Å². The van der Waals surface area contributed by atoms with Gasteiger partial charge in [0.15, 0.2) is 0 Å². The maximum absolute atomic E-state index is 12.3. The van der Waals surface area contributed by atoms with E-state index in [1.165, 1.54) is 17.6 Å². The van der Waals surface area contributed by atoms with Crippen molar-refractivity contribution in [2.75, 3.05) is 0 Å². The summed E-state index contributed by atoms with van der Waals surface area (Å²) < 4.78 is 0.902. The fourth-order valence-electron chi connectivity index (χ4n) is 3.23. The highest BCUT2D eigenvalue weighted by Crippen LogP contribution is 2.29. The van der Waals surface area contributed by atoms with Crippen LogP contribution in [-0.4, -0.2) is 32.2 Å². The van der Waals surface area contributed by atoms with Gasteiger partial charge in [-0.1, -0.05) is 54.8 Å². The zero-order valence-electron chi connectivity index (χ0n) is 13.9. The molecule has 3 rings (SSSR count). The van der Waals surface area contributed by atoms with Crippen LogP contribution in [0.3, 0.4) is 0 Å². The Morgan fingerprint density at radius 1 is 1.33 bits per heavy atom. The van der Waals surface area contributed by atoms with Crippen LogP contribution in [0.1, 0.15) is 33.1 Å². The second-order valence-electron chi connectivity index (χ2n) is 6.56. The fourth-order valence-corrected chi connectivity index (χ4v) is 3.69. The van der Waals surface area contributed by atoms with Crippen LogP contribution in [0, 0.1) is 11.8 Å². The Morgan fingerprint density at radius 3 is 2.92 bits per heavy atom. The summed E-state index contributed by atoms with van der Waals surface area (Å²) in [5.74, 6) is 1.60. The number of hydrogen-bond acceptors (Lipinski definition) is 4. The number of carbonyl (C=O) groups is 1. The van der Waals surface area contributed by atoms with Crippen LogP contribution in [0.5, 0.6) is 0 Å². The van der Waals surface area contributed by atoms with Crippen LogP contribution < -0.4 is 5.32 Å². The average Bonchev–Trinajstić information content (AvgIpc) is 3.00. The summed E-state index contributed by atoms with van der Waals surface area (Å²) in [6.45, 7) is 4.56. The quantitative estimate of drug-likeness (QED) is 0.868. The van der Waals surface area contributed by atoms with Crippen molar-refractivity contribution in [1.29, 1.82) is 0 Å². The number of amides is 1. The molecule has 1 heterocycles. The monoisotopic (exact) mass is 391 g/mol. The van der Waals surface area contributed by atoms with E-state index in [1.807, 2.05) is 24.3 Å². The Bertz CT molecular complexity index is 717. The maximum atomic E-state index is 12.3. The van der Waals surface area contributed by atoms with E-state index in [1.54, 1.807) is 0 Å². The molecule has 1 N–H and O–H groups in total. The average molecular weight is 392 g/mol. The van der Waals surface area contributed by atoms with Gasteiger partial charge in [0.05, 0.1) is 0 Å². The third-order valence-electron chi connectivity index (χ3n) is 4.91. The number of hydrogen-bond donors (Lipinski definition) is 1. The molecule has 1 fully saturated rings. The number of benzene rings is 1. The van der Waals surface area contributed by atoms with Crippen LogP contribution in [0.25, 0.3) is 11.4 Å². The van der Waals surface area contributed by atoms with Crippen LogP contribution in [0.15, 0.2) is 28.7 Å². The predicted octanol–water partition coefficient (Wildman–Crippen LogP) is 3.04. The van der Waals surface area contributed by atoms with E-state index in [-0.39, 0.29) is 18.5 Å². The van der Waals surface area contributed by atoms with Gasteiger partial charge in [-0.05, 0) is 35.6 Å². The van der Waals surface area contributed by atoms with Gasteiger partial charge in [0, 0.05) is 16.1 Å². The summed E-state index contributed by atoms with van der Waals surface area (Å²) in [7, 11) is 0. The largest absolute Gasteiger partial charge is 0.351 e. The molecule has 1 saturated carbocycles. The zero-order chi connectivity index (χ0) is 17.1. The van der Waals surface area contributed by atoms with Crippen LogP contribution in [0.4, 0.5) is 0 Å². The Morgan fingerprint density at radius 2 is 2.12 bits per heavy atom. The molecule has 6 nitrogen and oxygen atoms in total. The van der Waals surface area contributed by atoms with Crippen molar-refractivity contribution in [2.24, 2.45) is 11.8 Å². The third kappa shape index (κ3) is 3.83. The molecule has 1 aromatic heterocycles. The van der Waals surface area contributed by atoms with Gasteiger partial charge < -0.3 is 5.32 Å². The number of nitrogens with one attached hydrogen (secondary N) is 1. The van der Waals surface area contributed by atoms with Gasteiger partial charge in [-0.2, -0.15) is 4.80 Å². The Hall–Kier alpha value is -1.76. The molecular weight excluding hydrogens is 370 g/mol. The summed E-state index contributed by atoms with van der Waals surface area (Å²) in [5.41, 5.74) is 0.860. The molecule has 0 bridgehead atoms. The SMILES string of the molecule is C[C@H]1[C@@H](NC(=O)Cn2nnc(-c3ccccc3Br)n2)CCC[C@@H]1C.